The second-order valence-electron chi connectivity index (χ2n) is 3.81. The highest BCUT2D eigenvalue weighted by atomic mass is 35.5. The number of carbonyl (C=O) groups is 1. The van der Waals surface area contributed by atoms with Crippen molar-refractivity contribution in [2.45, 2.75) is 19.4 Å². The largest absolute Gasteiger partial charge is 0.322 e. The summed E-state index contributed by atoms with van der Waals surface area (Å²) in [4.78, 5) is 15.6. The maximum Gasteiger partial charge on any atom is 0.152 e. The zero-order chi connectivity index (χ0) is 10.4. The van der Waals surface area contributed by atoms with Gasteiger partial charge in [-0.2, -0.15) is 0 Å². The number of halogens is 1. The van der Waals surface area contributed by atoms with Crippen LogP contribution in [0.1, 0.15) is 12.1 Å². The van der Waals surface area contributed by atoms with Crippen LogP contribution in [0.5, 0.6) is 0 Å². The highest BCUT2D eigenvalue weighted by Crippen LogP contribution is 2.24. The lowest BCUT2D eigenvalue weighted by Gasteiger charge is -2.14. The van der Waals surface area contributed by atoms with Crippen molar-refractivity contribution in [1.29, 1.82) is 0 Å². The maximum absolute atomic E-state index is 11.4. The van der Waals surface area contributed by atoms with E-state index in [4.69, 9.17) is 11.6 Å². The molecule has 3 heterocycles. The van der Waals surface area contributed by atoms with E-state index >= 15 is 0 Å². The SMILES string of the molecule is O=C1CCc2cc3ccc(Cl)nc3n2C1. The number of aryl methyl sites for hydroxylation is 1. The fourth-order valence-corrected chi connectivity index (χ4v) is 2.21. The van der Waals surface area contributed by atoms with Crippen LogP contribution < -0.4 is 0 Å². The molecule has 0 atom stereocenters. The van der Waals surface area contributed by atoms with E-state index in [-0.39, 0.29) is 5.78 Å². The van der Waals surface area contributed by atoms with Gasteiger partial charge >= 0.3 is 0 Å². The molecule has 0 spiro atoms. The molecule has 0 bridgehead atoms. The van der Waals surface area contributed by atoms with Gasteiger partial charge in [0.25, 0.3) is 0 Å². The number of carbonyl (C=O) groups excluding carboxylic acids is 1. The molecule has 2 aromatic rings. The third-order valence-corrected chi connectivity index (χ3v) is 3.00. The minimum atomic E-state index is 0.266. The summed E-state index contributed by atoms with van der Waals surface area (Å²) in [6.45, 7) is 0.437. The van der Waals surface area contributed by atoms with Crippen molar-refractivity contribution in [2.75, 3.05) is 0 Å². The highest BCUT2D eigenvalue weighted by Gasteiger charge is 2.18. The first-order valence-electron chi connectivity index (χ1n) is 4.90. The lowest BCUT2D eigenvalue weighted by atomic mass is 10.1. The highest BCUT2D eigenvalue weighted by molar-refractivity contribution is 6.29. The minimum absolute atomic E-state index is 0.266. The molecule has 0 N–H and O–H groups in total. The van der Waals surface area contributed by atoms with Crippen molar-refractivity contribution < 1.29 is 4.79 Å². The molecule has 3 nitrogen and oxygen atoms in total. The summed E-state index contributed by atoms with van der Waals surface area (Å²) in [7, 11) is 0. The Morgan fingerprint density at radius 2 is 2.20 bits per heavy atom. The Hall–Kier alpha value is -1.35. The van der Waals surface area contributed by atoms with Gasteiger partial charge in [-0.05, 0) is 24.6 Å². The molecule has 1 aliphatic heterocycles. The number of rotatable bonds is 0. The Balaban J connectivity index is 2.30. The molecule has 0 radical (unpaired) electrons. The van der Waals surface area contributed by atoms with Gasteiger partial charge in [0.1, 0.15) is 10.8 Å². The first-order chi connectivity index (χ1) is 7.24. The first-order valence-corrected chi connectivity index (χ1v) is 5.28. The Kier molecular flexibility index (Phi) is 1.83. The molecule has 0 unspecified atom stereocenters. The monoisotopic (exact) mass is 220 g/mol. The quantitative estimate of drug-likeness (QED) is 0.638. The summed E-state index contributed by atoms with van der Waals surface area (Å²) in [5.41, 5.74) is 2.00. The molecule has 1 aliphatic rings. The third kappa shape index (κ3) is 1.35. The van der Waals surface area contributed by atoms with Crippen molar-refractivity contribution in [3.63, 3.8) is 0 Å². The van der Waals surface area contributed by atoms with E-state index in [1.807, 2.05) is 10.6 Å². The second kappa shape index (κ2) is 3.07. The number of aromatic nitrogens is 2. The maximum atomic E-state index is 11.4. The van der Waals surface area contributed by atoms with Crippen LogP contribution in [0.15, 0.2) is 18.2 Å². The molecule has 0 aliphatic carbocycles. The molecule has 0 amide bonds. The van der Waals surface area contributed by atoms with E-state index in [0.29, 0.717) is 18.1 Å². The van der Waals surface area contributed by atoms with E-state index in [9.17, 15) is 4.79 Å². The average molecular weight is 221 g/mol. The molecule has 0 aromatic carbocycles. The Labute approximate surface area is 91.7 Å². The van der Waals surface area contributed by atoms with Gasteiger partial charge in [-0.15, -0.1) is 0 Å². The summed E-state index contributed by atoms with van der Waals surface area (Å²) in [6.07, 6.45) is 1.46. The van der Waals surface area contributed by atoms with Crippen LogP contribution in [0.2, 0.25) is 5.15 Å². The van der Waals surface area contributed by atoms with Crippen LogP contribution in [0.25, 0.3) is 11.0 Å². The number of ketones is 1. The number of Topliss-reactive ketones (excluding diaryl/α,β-unsaturated/α-hetero) is 1. The topological polar surface area (TPSA) is 34.9 Å². The molecule has 4 heteroatoms. The van der Waals surface area contributed by atoms with Gasteiger partial charge in [0, 0.05) is 17.5 Å². The standard InChI is InChI=1S/C11H9ClN2O/c12-10-4-1-7-5-8-2-3-9(15)6-14(8)11(7)13-10/h1,4-5H,2-3,6H2. The average Bonchev–Trinajstić information content (AvgIpc) is 2.56. The Morgan fingerprint density at radius 3 is 3.07 bits per heavy atom. The van der Waals surface area contributed by atoms with E-state index in [0.717, 1.165) is 17.5 Å². The van der Waals surface area contributed by atoms with Gasteiger partial charge in [-0.3, -0.25) is 4.79 Å². The van der Waals surface area contributed by atoms with Gasteiger partial charge in [0.2, 0.25) is 0 Å². The second-order valence-corrected chi connectivity index (χ2v) is 4.19. The molecule has 0 saturated heterocycles. The number of hydrogen-bond acceptors (Lipinski definition) is 2. The first kappa shape index (κ1) is 8.92. The van der Waals surface area contributed by atoms with Gasteiger partial charge in [-0.1, -0.05) is 11.6 Å². The molecular formula is C11H9ClN2O. The number of nitrogens with zero attached hydrogens (tertiary/aromatic N) is 2. The number of pyridine rings is 1. The van der Waals surface area contributed by atoms with E-state index in [1.54, 1.807) is 6.07 Å². The molecule has 0 fully saturated rings. The van der Waals surface area contributed by atoms with E-state index in [2.05, 4.69) is 11.1 Å². The summed E-state index contributed by atoms with van der Waals surface area (Å²) in [5, 5.41) is 1.53. The molecule has 76 valence electrons. The molecule has 0 saturated carbocycles. The summed E-state index contributed by atoms with van der Waals surface area (Å²) in [5.74, 6) is 0.266. The molecule has 3 rings (SSSR count). The normalized spacial score (nSPS) is 15.7. The summed E-state index contributed by atoms with van der Waals surface area (Å²) < 4.78 is 1.97. The van der Waals surface area contributed by atoms with Crippen LogP contribution in [-0.4, -0.2) is 15.3 Å². The zero-order valence-electron chi connectivity index (χ0n) is 8.03. The van der Waals surface area contributed by atoms with Gasteiger partial charge in [0.15, 0.2) is 5.78 Å². The van der Waals surface area contributed by atoms with Crippen LogP contribution >= 0.6 is 11.6 Å². The molecule has 2 aromatic heterocycles. The Bertz CT molecular complexity index is 559. The van der Waals surface area contributed by atoms with E-state index < -0.39 is 0 Å². The van der Waals surface area contributed by atoms with Crippen molar-refractivity contribution in [2.24, 2.45) is 0 Å². The Morgan fingerprint density at radius 1 is 1.33 bits per heavy atom. The van der Waals surface area contributed by atoms with Gasteiger partial charge < -0.3 is 4.57 Å². The lowest BCUT2D eigenvalue weighted by molar-refractivity contribution is -0.120. The van der Waals surface area contributed by atoms with Crippen molar-refractivity contribution in [1.82, 2.24) is 9.55 Å². The molecular weight excluding hydrogens is 212 g/mol. The van der Waals surface area contributed by atoms with Crippen molar-refractivity contribution >= 4 is 28.4 Å². The van der Waals surface area contributed by atoms with Crippen molar-refractivity contribution in [3.8, 4) is 0 Å². The van der Waals surface area contributed by atoms with Crippen molar-refractivity contribution in [3.05, 3.63) is 29.0 Å². The smallest absolute Gasteiger partial charge is 0.152 e. The molecule has 15 heavy (non-hydrogen) atoms. The van der Waals surface area contributed by atoms with Gasteiger partial charge in [-0.25, -0.2) is 4.98 Å². The fraction of sp³-hybridized carbons (Fsp3) is 0.273. The van der Waals surface area contributed by atoms with Crippen LogP contribution in [-0.2, 0) is 17.8 Å². The number of hydrogen-bond donors (Lipinski definition) is 0. The summed E-state index contributed by atoms with van der Waals surface area (Å²) in [6, 6.07) is 5.81. The van der Waals surface area contributed by atoms with Crippen LogP contribution in [0, 0.1) is 0 Å². The van der Waals surface area contributed by atoms with Gasteiger partial charge in [0.05, 0.1) is 6.54 Å². The predicted octanol–water partition coefficient (Wildman–Crippen LogP) is 2.21. The summed E-state index contributed by atoms with van der Waals surface area (Å²) >= 11 is 5.85. The predicted molar refractivity (Wildman–Crippen MR) is 58.1 cm³/mol. The third-order valence-electron chi connectivity index (χ3n) is 2.79. The number of fused-ring (bicyclic) bond motifs is 3. The zero-order valence-corrected chi connectivity index (χ0v) is 8.79. The lowest BCUT2D eigenvalue weighted by Crippen LogP contribution is -2.19. The van der Waals surface area contributed by atoms with Crippen LogP contribution in [0.3, 0.4) is 0 Å². The fourth-order valence-electron chi connectivity index (χ4n) is 2.06. The van der Waals surface area contributed by atoms with E-state index in [1.165, 1.54) is 5.69 Å². The minimum Gasteiger partial charge on any atom is -0.322 e. The van der Waals surface area contributed by atoms with Crippen LogP contribution in [0.4, 0.5) is 0 Å².